The summed E-state index contributed by atoms with van der Waals surface area (Å²) < 4.78 is 3.80. The molecule has 2 aromatic heterocycles. The summed E-state index contributed by atoms with van der Waals surface area (Å²) in [5, 5.41) is 6.89. The maximum absolute atomic E-state index is 12.1. The zero-order chi connectivity index (χ0) is 15.4. The molecule has 116 valence electrons. The van der Waals surface area contributed by atoms with Gasteiger partial charge in [-0.25, -0.2) is 0 Å². The topological polar surface area (TPSA) is 71.0 Å². The lowest BCUT2D eigenvalue weighted by Crippen LogP contribution is -2.38. The summed E-state index contributed by atoms with van der Waals surface area (Å²) in [7, 11) is 0. The van der Waals surface area contributed by atoms with Gasteiger partial charge in [0.1, 0.15) is 4.88 Å². The highest BCUT2D eigenvalue weighted by atomic mass is 32.1. The van der Waals surface area contributed by atoms with E-state index < -0.39 is 0 Å². The van der Waals surface area contributed by atoms with Crippen molar-refractivity contribution >= 4 is 23.1 Å². The highest BCUT2D eigenvalue weighted by Gasteiger charge is 2.21. The lowest BCUT2D eigenvalue weighted by atomic mass is 9.96. The first-order chi connectivity index (χ1) is 10.7. The van der Waals surface area contributed by atoms with Crippen LogP contribution in [-0.2, 0) is 0 Å². The Bertz CT molecular complexity index is 622. The molecule has 1 saturated heterocycles. The monoisotopic (exact) mass is 317 g/mol. The number of piperidine rings is 1. The Hall–Kier alpha value is -2.02. The van der Waals surface area contributed by atoms with Crippen LogP contribution in [0.15, 0.2) is 24.5 Å². The molecule has 3 rings (SSSR count). The molecular weight excluding hydrogens is 298 g/mol. The van der Waals surface area contributed by atoms with Gasteiger partial charge in [-0.1, -0.05) is 4.49 Å². The van der Waals surface area contributed by atoms with E-state index in [0.717, 1.165) is 44.0 Å². The van der Waals surface area contributed by atoms with E-state index in [1.165, 1.54) is 5.69 Å². The molecule has 0 spiro atoms. The van der Waals surface area contributed by atoms with Gasteiger partial charge in [0, 0.05) is 37.7 Å². The van der Waals surface area contributed by atoms with E-state index >= 15 is 0 Å². The second kappa shape index (κ2) is 6.83. The van der Waals surface area contributed by atoms with Crippen LogP contribution in [0.4, 0.5) is 5.69 Å². The van der Waals surface area contributed by atoms with Crippen molar-refractivity contribution in [1.82, 2.24) is 19.9 Å². The summed E-state index contributed by atoms with van der Waals surface area (Å²) in [4.78, 5) is 19.1. The van der Waals surface area contributed by atoms with Crippen LogP contribution in [0, 0.1) is 12.8 Å². The van der Waals surface area contributed by atoms with Gasteiger partial charge >= 0.3 is 0 Å². The number of nitrogens with zero attached hydrogens (tertiary/aromatic N) is 4. The number of hydrogen-bond acceptors (Lipinski definition) is 6. The molecular formula is C15H19N5OS. The largest absolute Gasteiger partial charge is 0.371 e. The first-order valence-electron chi connectivity index (χ1n) is 7.46. The van der Waals surface area contributed by atoms with Crippen LogP contribution in [0.5, 0.6) is 0 Å². The number of carbonyl (C=O) groups excluding carboxylic acids is 1. The molecule has 6 nitrogen and oxygen atoms in total. The molecule has 1 amide bonds. The van der Waals surface area contributed by atoms with Crippen molar-refractivity contribution in [3.05, 3.63) is 35.1 Å². The molecule has 22 heavy (non-hydrogen) atoms. The number of hydrogen-bond donors (Lipinski definition) is 1. The Balaban J connectivity index is 1.46. The van der Waals surface area contributed by atoms with Crippen molar-refractivity contribution in [1.29, 1.82) is 0 Å². The Morgan fingerprint density at radius 1 is 1.36 bits per heavy atom. The minimum Gasteiger partial charge on any atom is -0.371 e. The number of anilines is 1. The van der Waals surface area contributed by atoms with Crippen molar-refractivity contribution in [2.75, 3.05) is 24.5 Å². The van der Waals surface area contributed by atoms with Gasteiger partial charge in [0.15, 0.2) is 0 Å². The van der Waals surface area contributed by atoms with E-state index in [4.69, 9.17) is 0 Å². The highest BCUT2D eigenvalue weighted by molar-refractivity contribution is 7.07. The summed E-state index contributed by atoms with van der Waals surface area (Å²) in [6.45, 7) is 4.57. The third-order valence-electron chi connectivity index (χ3n) is 4.05. The first-order valence-corrected chi connectivity index (χ1v) is 8.23. The molecule has 1 N–H and O–H groups in total. The average molecular weight is 317 g/mol. The second-order valence-electron chi connectivity index (χ2n) is 5.53. The minimum absolute atomic E-state index is 0.0518. The Morgan fingerprint density at radius 2 is 2.09 bits per heavy atom. The van der Waals surface area contributed by atoms with Gasteiger partial charge in [-0.3, -0.25) is 9.78 Å². The van der Waals surface area contributed by atoms with Gasteiger partial charge < -0.3 is 10.2 Å². The zero-order valence-corrected chi connectivity index (χ0v) is 13.3. The predicted molar refractivity (Wildman–Crippen MR) is 86.2 cm³/mol. The SMILES string of the molecule is Cc1nnsc1C(=O)NCC1CCN(c2ccncc2)CC1. The molecule has 0 atom stereocenters. The Labute approximate surface area is 133 Å². The van der Waals surface area contributed by atoms with Gasteiger partial charge in [0.25, 0.3) is 5.91 Å². The molecule has 0 bridgehead atoms. The summed E-state index contributed by atoms with van der Waals surface area (Å²) in [6, 6.07) is 4.09. The zero-order valence-electron chi connectivity index (χ0n) is 12.5. The molecule has 1 aliphatic rings. The van der Waals surface area contributed by atoms with Gasteiger partial charge in [0.2, 0.25) is 0 Å². The fourth-order valence-electron chi connectivity index (χ4n) is 2.71. The Kier molecular flexibility index (Phi) is 4.62. The van der Waals surface area contributed by atoms with E-state index in [0.29, 0.717) is 16.5 Å². The van der Waals surface area contributed by atoms with Crippen molar-refractivity contribution in [2.45, 2.75) is 19.8 Å². The number of carbonyl (C=O) groups is 1. The molecule has 1 aliphatic heterocycles. The van der Waals surface area contributed by atoms with Crippen LogP contribution in [0.1, 0.15) is 28.2 Å². The molecule has 3 heterocycles. The summed E-state index contributed by atoms with van der Waals surface area (Å²) in [6.07, 6.45) is 5.82. The predicted octanol–water partition coefficient (Wildman–Crippen LogP) is 1.89. The molecule has 1 fully saturated rings. The van der Waals surface area contributed by atoms with Gasteiger partial charge in [-0.05, 0) is 49.3 Å². The van der Waals surface area contributed by atoms with Crippen LogP contribution in [0.3, 0.4) is 0 Å². The number of aromatic nitrogens is 3. The Morgan fingerprint density at radius 3 is 2.73 bits per heavy atom. The van der Waals surface area contributed by atoms with Crippen LogP contribution < -0.4 is 10.2 Å². The average Bonchev–Trinajstić information content (AvgIpc) is 3.00. The molecule has 0 aliphatic carbocycles. The maximum atomic E-state index is 12.1. The van der Waals surface area contributed by atoms with E-state index in [9.17, 15) is 4.79 Å². The quantitative estimate of drug-likeness (QED) is 0.932. The lowest BCUT2D eigenvalue weighted by molar-refractivity contribution is 0.0948. The number of aryl methyl sites for hydroxylation is 1. The van der Waals surface area contributed by atoms with Crippen molar-refractivity contribution in [3.8, 4) is 0 Å². The maximum Gasteiger partial charge on any atom is 0.264 e. The van der Waals surface area contributed by atoms with Crippen molar-refractivity contribution < 1.29 is 4.79 Å². The van der Waals surface area contributed by atoms with Crippen LogP contribution >= 0.6 is 11.5 Å². The van der Waals surface area contributed by atoms with Gasteiger partial charge in [0.05, 0.1) is 5.69 Å². The highest BCUT2D eigenvalue weighted by Crippen LogP contribution is 2.22. The summed E-state index contributed by atoms with van der Waals surface area (Å²) in [5.41, 5.74) is 1.93. The molecule has 0 saturated carbocycles. The second-order valence-corrected chi connectivity index (χ2v) is 6.29. The van der Waals surface area contributed by atoms with E-state index in [-0.39, 0.29) is 5.91 Å². The smallest absolute Gasteiger partial charge is 0.264 e. The first kappa shape index (κ1) is 14.9. The summed E-state index contributed by atoms with van der Waals surface area (Å²) in [5.74, 6) is 0.479. The van der Waals surface area contributed by atoms with Gasteiger partial charge in [-0.15, -0.1) is 5.10 Å². The number of amides is 1. The van der Waals surface area contributed by atoms with Crippen LogP contribution in [0.2, 0.25) is 0 Å². The van der Waals surface area contributed by atoms with Crippen LogP contribution in [0.25, 0.3) is 0 Å². The third kappa shape index (κ3) is 3.41. The molecule has 2 aromatic rings. The molecule has 0 unspecified atom stereocenters. The van der Waals surface area contributed by atoms with E-state index in [1.54, 1.807) is 0 Å². The number of nitrogens with one attached hydrogen (secondary N) is 1. The molecule has 7 heteroatoms. The number of pyridine rings is 1. The normalized spacial score (nSPS) is 15.8. The summed E-state index contributed by atoms with van der Waals surface area (Å²) >= 11 is 1.15. The fourth-order valence-corrected chi connectivity index (χ4v) is 3.28. The number of rotatable bonds is 4. The third-order valence-corrected chi connectivity index (χ3v) is 4.88. The van der Waals surface area contributed by atoms with Crippen molar-refractivity contribution in [2.24, 2.45) is 5.92 Å². The van der Waals surface area contributed by atoms with Crippen LogP contribution in [-0.4, -0.2) is 40.1 Å². The lowest BCUT2D eigenvalue weighted by Gasteiger charge is -2.33. The standard InChI is InChI=1S/C15H19N5OS/c1-11-14(22-19-18-11)15(21)17-10-12-4-8-20(9-5-12)13-2-6-16-7-3-13/h2-3,6-7,12H,4-5,8-10H2,1H3,(H,17,21). The van der Waals surface area contributed by atoms with Gasteiger partial charge in [-0.2, -0.15) is 0 Å². The van der Waals surface area contributed by atoms with E-state index in [1.807, 2.05) is 31.5 Å². The molecule has 0 aromatic carbocycles. The van der Waals surface area contributed by atoms with Crippen molar-refractivity contribution in [3.63, 3.8) is 0 Å². The fraction of sp³-hybridized carbons (Fsp3) is 0.467. The minimum atomic E-state index is -0.0518. The van der Waals surface area contributed by atoms with E-state index in [2.05, 4.69) is 24.8 Å². The molecule has 0 radical (unpaired) electrons.